The maximum atomic E-state index is 4.29. The molecule has 0 aliphatic rings. The zero-order valence-corrected chi connectivity index (χ0v) is 10.4. The summed E-state index contributed by atoms with van der Waals surface area (Å²) in [5.41, 5.74) is 2.49. The van der Waals surface area contributed by atoms with E-state index in [0.717, 1.165) is 18.9 Å². The number of aromatic amines is 1. The van der Waals surface area contributed by atoms with Gasteiger partial charge in [-0.05, 0) is 17.7 Å². The number of aromatic nitrogens is 3. The van der Waals surface area contributed by atoms with E-state index in [9.17, 15) is 0 Å². The van der Waals surface area contributed by atoms with Crippen LogP contribution in [0.4, 0.5) is 0 Å². The van der Waals surface area contributed by atoms with Crippen LogP contribution in [0.15, 0.2) is 42.9 Å². The van der Waals surface area contributed by atoms with E-state index in [-0.39, 0.29) is 0 Å². The van der Waals surface area contributed by atoms with Gasteiger partial charge in [-0.2, -0.15) is 0 Å². The highest BCUT2D eigenvalue weighted by molar-refractivity contribution is 5.82. The number of nitrogens with one attached hydrogen (secondary N) is 2. The van der Waals surface area contributed by atoms with Crippen molar-refractivity contribution in [1.29, 1.82) is 0 Å². The second kappa shape index (κ2) is 4.66. The summed E-state index contributed by atoms with van der Waals surface area (Å²) >= 11 is 0. The van der Waals surface area contributed by atoms with E-state index in [1.54, 1.807) is 0 Å². The molecule has 0 spiro atoms. The zero-order chi connectivity index (χ0) is 12.4. The van der Waals surface area contributed by atoms with Gasteiger partial charge < -0.3 is 14.9 Å². The molecular formula is C14H16N4. The lowest BCUT2D eigenvalue weighted by Crippen LogP contribution is -2.15. The number of fused-ring (bicyclic) bond motifs is 1. The summed E-state index contributed by atoms with van der Waals surface area (Å²) in [4.78, 5) is 7.52. The van der Waals surface area contributed by atoms with Gasteiger partial charge in [-0.1, -0.05) is 12.1 Å². The molecular weight excluding hydrogens is 224 g/mol. The lowest BCUT2D eigenvalue weighted by Gasteiger charge is -2.06. The minimum Gasteiger partial charge on any atom is -0.361 e. The summed E-state index contributed by atoms with van der Waals surface area (Å²) < 4.78 is 2.03. The molecule has 0 saturated heterocycles. The van der Waals surface area contributed by atoms with E-state index in [2.05, 4.69) is 39.6 Å². The van der Waals surface area contributed by atoms with Crippen LogP contribution >= 0.6 is 0 Å². The number of hydrogen-bond donors (Lipinski definition) is 2. The number of aryl methyl sites for hydroxylation is 1. The smallest absolute Gasteiger partial charge is 0.122 e. The fraction of sp³-hybridized carbons (Fsp3) is 0.214. The van der Waals surface area contributed by atoms with Gasteiger partial charge >= 0.3 is 0 Å². The van der Waals surface area contributed by atoms with Crippen molar-refractivity contribution < 1.29 is 0 Å². The van der Waals surface area contributed by atoms with Gasteiger partial charge in [-0.25, -0.2) is 4.98 Å². The SMILES string of the molecule is Cn1ccnc1CNCc1cccc2[nH]ccc12. The Morgan fingerprint density at radius 1 is 1.28 bits per heavy atom. The van der Waals surface area contributed by atoms with Crippen molar-refractivity contribution >= 4 is 10.9 Å². The predicted molar refractivity (Wildman–Crippen MR) is 72.1 cm³/mol. The molecule has 92 valence electrons. The Balaban J connectivity index is 1.70. The molecule has 0 amide bonds. The van der Waals surface area contributed by atoms with Crippen molar-refractivity contribution in [2.24, 2.45) is 7.05 Å². The van der Waals surface area contributed by atoms with Gasteiger partial charge in [0.15, 0.2) is 0 Å². The van der Waals surface area contributed by atoms with Crippen LogP contribution in [0.3, 0.4) is 0 Å². The first-order valence-electron chi connectivity index (χ1n) is 6.06. The summed E-state index contributed by atoms with van der Waals surface area (Å²) in [7, 11) is 2.01. The molecule has 0 unspecified atom stereocenters. The lowest BCUT2D eigenvalue weighted by molar-refractivity contribution is 0.641. The number of hydrogen-bond acceptors (Lipinski definition) is 2. The van der Waals surface area contributed by atoms with E-state index in [0.29, 0.717) is 0 Å². The third-order valence-electron chi connectivity index (χ3n) is 3.20. The van der Waals surface area contributed by atoms with Crippen molar-refractivity contribution in [3.8, 4) is 0 Å². The van der Waals surface area contributed by atoms with Gasteiger partial charge in [0.25, 0.3) is 0 Å². The molecule has 2 aromatic heterocycles. The molecule has 0 bridgehead atoms. The highest BCUT2D eigenvalue weighted by atomic mass is 15.1. The third-order valence-corrected chi connectivity index (χ3v) is 3.20. The first-order chi connectivity index (χ1) is 8.84. The van der Waals surface area contributed by atoms with E-state index < -0.39 is 0 Å². The van der Waals surface area contributed by atoms with Crippen LogP contribution in [0.1, 0.15) is 11.4 Å². The Bertz CT molecular complexity index is 650. The van der Waals surface area contributed by atoms with Crippen LogP contribution in [-0.2, 0) is 20.1 Å². The Morgan fingerprint density at radius 3 is 3.06 bits per heavy atom. The molecule has 2 N–H and O–H groups in total. The van der Waals surface area contributed by atoms with Gasteiger partial charge in [0.1, 0.15) is 5.82 Å². The molecule has 0 fully saturated rings. The molecule has 2 heterocycles. The van der Waals surface area contributed by atoms with Crippen molar-refractivity contribution in [3.05, 3.63) is 54.2 Å². The average molecular weight is 240 g/mol. The summed E-state index contributed by atoms with van der Waals surface area (Å²) in [6.45, 7) is 1.63. The van der Waals surface area contributed by atoms with Crippen LogP contribution in [0.25, 0.3) is 10.9 Å². The number of benzene rings is 1. The van der Waals surface area contributed by atoms with Crippen LogP contribution in [0.5, 0.6) is 0 Å². The first kappa shape index (κ1) is 11.0. The standard InChI is InChI=1S/C14H16N4/c1-18-8-7-17-14(18)10-15-9-11-3-2-4-13-12(11)5-6-16-13/h2-8,15-16H,9-10H2,1H3. The van der Waals surface area contributed by atoms with Crippen molar-refractivity contribution in [1.82, 2.24) is 19.9 Å². The Kier molecular flexibility index (Phi) is 2.86. The highest BCUT2D eigenvalue weighted by Crippen LogP contribution is 2.17. The summed E-state index contributed by atoms with van der Waals surface area (Å²) in [5, 5.41) is 4.71. The van der Waals surface area contributed by atoms with E-state index in [1.165, 1.54) is 16.5 Å². The van der Waals surface area contributed by atoms with Crippen molar-refractivity contribution in [2.75, 3.05) is 0 Å². The zero-order valence-electron chi connectivity index (χ0n) is 10.4. The molecule has 0 radical (unpaired) electrons. The second-order valence-electron chi connectivity index (χ2n) is 4.41. The van der Waals surface area contributed by atoms with E-state index >= 15 is 0 Å². The number of H-pyrrole nitrogens is 1. The second-order valence-corrected chi connectivity index (χ2v) is 4.41. The van der Waals surface area contributed by atoms with Crippen molar-refractivity contribution in [3.63, 3.8) is 0 Å². The van der Waals surface area contributed by atoms with E-state index in [4.69, 9.17) is 0 Å². The third kappa shape index (κ3) is 2.02. The van der Waals surface area contributed by atoms with Gasteiger partial charge in [-0.3, -0.25) is 0 Å². The van der Waals surface area contributed by atoms with Crippen LogP contribution in [0, 0.1) is 0 Å². The monoisotopic (exact) mass is 240 g/mol. The fourth-order valence-corrected chi connectivity index (χ4v) is 2.18. The topological polar surface area (TPSA) is 45.6 Å². The number of rotatable bonds is 4. The largest absolute Gasteiger partial charge is 0.361 e. The van der Waals surface area contributed by atoms with E-state index in [1.807, 2.05) is 30.2 Å². The molecule has 0 saturated carbocycles. The van der Waals surface area contributed by atoms with Crippen LogP contribution in [-0.4, -0.2) is 14.5 Å². The highest BCUT2D eigenvalue weighted by Gasteiger charge is 2.02. The molecule has 3 rings (SSSR count). The molecule has 4 heteroatoms. The summed E-state index contributed by atoms with van der Waals surface area (Å²) in [6, 6.07) is 8.45. The molecule has 18 heavy (non-hydrogen) atoms. The van der Waals surface area contributed by atoms with Gasteiger partial charge in [0.05, 0.1) is 6.54 Å². The Morgan fingerprint density at radius 2 is 2.22 bits per heavy atom. The van der Waals surface area contributed by atoms with Crippen molar-refractivity contribution in [2.45, 2.75) is 13.1 Å². The molecule has 4 nitrogen and oxygen atoms in total. The minimum absolute atomic E-state index is 0.782. The normalized spacial score (nSPS) is 11.2. The lowest BCUT2D eigenvalue weighted by atomic mass is 10.1. The fourth-order valence-electron chi connectivity index (χ4n) is 2.18. The maximum absolute atomic E-state index is 4.29. The molecule has 0 aliphatic heterocycles. The van der Waals surface area contributed by atoms with Crippen LogP contribution < -0.4 is 5.32 Å². The summed E-state index contributed by atoms with van der Waals surface area (Å²) in [6.07, 6.45) is 5.76. The Labute approximate surface area is 106 Å². The maximum Gasteiger partial charge on any atom is 0.122 e. The quantitative estimate of drug-likeness (QED) is 0.734. The Hall–Kier alpha value is -2.07. The molecule has 3 aromatic rings. The van der Waals surface area contributed by atoms with Crippen LogP contribution in [0.2, 0.25) is 0 Å². The first-order valence-corrected chi connectivity index (χ1v) is 6.06. The molecule has 1 aromatic carbocycles. The van der Waals surface area contributed by atoms with Gasteiger partial charge in [0, 0.05) is 43.1 Å². The minimum atomic E-state index is 0.782. The number of imidazole rings is 1. The molecule has 0 atom stereocenters. The molecule has 0 aliphatic carbocycles. The van der Waals surface area contributed by atoms with Gasteiger partial charge in [-0.15, -0.1) is 0 Å². The van der Waals surface area contributed by atoms with Gasteiger partial charge in [0.2, 0.25) is 0 Å². The summed E-state index contributed by atoms with van der Waals surface area (Å²) in [5.74, 6) is 1.05. The predicted octanol–water partition coefficient (Wildman–Crippen LogP) is 2.19. The average Bonchev–Trinajstić information content (AvgIpc) is 2.99. The number of nitrogens with zero attached hydrogens (tertiary/aromatic N) is 2.